The maximum Gasteiger partial charge on any atom is 0.0739 e. The fourth-order valence-electron chi connectivity index (χ4n) is 12.4. The Balaban J connectivity index is 0. The molecule has 0 bridgehead atoms. The number of hydrogen-bond donors (Lipinski definition) is 2. The Bertz CT molecular complexity index is 1130. The van der Waals surface area contributed by atoms with Crippen molar-refractivity contribution in [2.45, 2.75) is 451 Å². The van der Waals surface area contributed by atoms with Crippen LogP contribution in [0.4, 0.5) is 0 Å². The largest absolute Gasteiger partial charge is 0.889 e. The van der Waals surface area contributed by atoms with Crippen LogP contribution in [0.25, 0.3) is 0 Å². The third-order valence-corrected chi connectivity index (χ3v) is 18.3. The Morgan fingerprint density at radius 2 is 0.361 bits per heavy atom. The molecule has 4 nitrogen and oxygen atoms in total. The highest BCUT2D eigenvalue weighted by molar-refractivity contribution is 6.55. The van der Waals surface area contributed by atoms with Gasteiger partial charge in [-0.3, -0.25) is 0 Å². The second-order valence-corrected chi connectivity index (χ2v) is 26.8. The van der Waals surface area contributed by atoms with E-state index < -0.39 is 7.12 Å². The molecule has 0 aliphatic rings. The highest BCUT2D eigenvalue weighted by Gasteiger charge is 2.01. The summed E-state index contributed by atoms with van der Waals surface area (Å²) in [5, 5.41) is 21.6. The molecule has 0 saturated heterocycles. The van der Waals surface area contributed by atoms with Gasteiger partial charge in [-0.2, -0.15) is 0 Å². The van der Waals surface area contributed by atoms with E-state index in [4.69, 9.17) is 0 Å². The molecule has 0 aliphatic carbocycles. The zero-order chi connectivity index (χ0) is 60.4. The zero-order valence-electron chi connectivity index (χ0n) is 57.9. The predicted octanol–water partition coefficient (Wildman–Crippen LogP) is 22.9. The smallest absolute Gasteiger partial charge is 0.0739 e. The molecule has 0 aromatic heterocycles. The summed E-state index contributed by atoms with van der Waals surface area (Å²) in [5.41, 5.74) is 9.42. The molecule has 0 fully saturated rings. The van der Waals surface area contributed by atoms with Gasteiger partial charge in [-0.1, -0.05) is 444 Å². The molecular weight excluding hydrogens is 1010 g/mol. The summed E-state index contributed by atoms with van der Waals surface area (Å²) >= 11 is 0. The lowest BCUT2D eigenvalue weighted by Gasteiger charge is -2.26. The Hall–Kier alpha value is -0.875. The lowest BCUT2D eigenvalue weighted by atomic mass is 9.80. The second-order valence-electron chi connectivity index (χ2n) is 26.8. The number of hydrogen-bond acceptors (Lipinski definition) is 2. The fraction of sp³-hybridized carbons (Fsp3) is 0.923. The van der Waals surface area contributed by atoms with Crippen LogP contribution < -0.4 is 27.0 Å². The molecule has 0 radical (unpaired) electrons. The van der Waals surface area contributed by atoms with Crippen molar-refractivity contribution in [3.05, 3.63) is 29.8 Å². The van der Waals surface area contributed by atoms with Crippen molar-refractivity contribution in [2.24, 2.45) is 0 Å². The van der Waals surface area contributed by atoms with Gasteiger partial charge in [0.2, 0.25) is 0 Å². The van der Waals surface area contributed by atoms with Crippen LogP contribution in [-0.2, 0) is 6.42 Å². The first-order valence-electron chi connectivity index (χ1n) is 39.1. The van der Waals surface area contributed by atoms with Gasteiger partial charge in [0, 0.05) is 0 Å². The van der Waals surface area contributed by atoms with E-state index in [1.165, 1.54) is 429 Å². The highest BCUT2D eigenvalue weighted by Crippen LogP contribution is 2.19. The molecule has 1 aromatic carbocycles. The minimum atomic E-state index is -1.85. The van der Waals surface area contributed by atoms with Crippen LogP contribution in [-0.4, -0.2) is 20.2 Å². The van der Waals surface area contributed by atoms with Gasteiger partial charge in [-0.05, 0) is 44.1 Å². The third-order valence-electron chi connectivity index (χ3n) is 18.3. The van der Waals surface area contributed by atoms with Gasteiger partial charge < -0.3 is 21.5 Å². The van der Waals surface area contributed by atoms with Crippen LogP contribution >= 0.6 is 0 Å². The second kappa shape index (κ2) is 79.1. The molecule has 494 valence electrons. The summed E-state index contributed by atoms with van der Waals surface area (Å²) in [6.45, 7) is 9.14. The lowest BCUT2D eigenvalue weighted by Crippen LogP contribution is -2.55. The number of benzene rings is 1. The van der Waals surface area contributed by atoms with E-state index in [1.54, 1.807) is 12.1 Å². The molecule has 1 rings (SSSR count). The molecule has 0 aliphatic heterocycles. The van der Waals surface area contributed by atoms with Crippen LogP contribution in [0, 0.1) is 0 Å². The summed E-state index contributed by atoms with van der Waals surface area (Å²) in [7, 11) is -1.85. The van der Waals surface area contributed by atoms with Crippen LogP contribution in [0.3, 0.4) is 0 Å². The molecule has 5 heteroatoms. The van der Waals surface area contributed by atoms with E-state index in [9.17, 15) is 10.0 Å². The first-order valence-corrected chi connectivity index (χ1v) is 39.1. The topological polar surface area (TPSA) is 101 Å². The van der Waals surface area contributed by atoms with Gasteiger partial charge in [0.25, 0.3) is 0 Å². The number of quaternary nitrogens is 2. The lowest BCUT2D eigenvalue weighted by molar-refractivity contribution is -0.368. The van der Waals surface area contributed by atoms with E-state index in [0.717, 1.165) is 19.5 Å². The molecule has 0 amide bonds. The standard InChI is InChI=1S/C26H45BO2.2C26H55N/c1-2-3-4-5-6-7-8-9-10-11-12-13-14-15-16-17-18-19-20-25-21-23-26(24-22-25)27(28)29;2*1-2-3-4-5-6-7-8-9-10-11-12-13-14-15-16-17-18-19-20-21-22-23-24-25-26-27/h21-24H,2-20H2,1H3;2*2-27H2,1H3/q-2;;/p+2. The third kappa shape index (κ3) is 77.2. The molecular formula is C78H157BN2O2. The number of rotatable bonds is 68. The monoisotopic (exact) mass is 1170 g/mol. The van der Waals surface area contributed by atoms with Crippen molar-refractivity contribution in [3.63, 3.8) is 0 Å². The van der Waals surface area contributed by atoms with Crippen LogP contribution in [0.15, 0.2) is 24.3 Å². The summed E-state index contributed by atoms with van der Waals surface area (Å²) in [6, 6.07) is 7.25. The SMILES string of the molecule is CCCCCCCCCCCCCCCCCCCCCCCCCC[NH3+].CCCCCCCCCCCCCCCCCCCCCCCCCC[NH3+].CCCCCCCCCCCCCCCCCCCCc1ccc(B([O-])[O-])cc1. The van der Waals surface area contributed by atoms with Crippen LogP contribution in [0.1, 0.15) is 450 Å². The fourth-order valence-corrected chi connectivity index (χ4v) is 12.4. The van der Waals surface area contributed by atoms with Crippen molar-refractivity contribution in [1.29, 1.82) is 0 Å². The minimum Gasteiger partial charge on any atom is -0.889 e. The normalized spacial score (nSPS) is 11.3. The first-order chi connectivity index (χ1) is 41.1. The predicted molar refractivity (Wildman–Crippen MR) is 373 cm³/mol. The molecule has 0 atom stereocenters. The maximum absolute atomic E-state index is 10.8. The van der Waals surface area contributed by atoms with E-state index in [2.05, 4.69) is 32.2 Å². The van der Waals surface area contributed by atoms with Gasteiger partial charge in [-0.25, -0.2) is 0 Å². The average molecular weight is 1170 g/mol. The molecule has 0 unspecified atom stereocenters. The average Bonchev–Trinajstić information content (AvgIpc) is 3.54. The quantitative estimate of drug-likeness (QED) is 0.0501. The van der Waals surface area contributed by atoms with Crippen molar-refractivity contribution in [3.8, 4) is 0 Å². The van der Waals surface area contributed by atoms with Crippen molar-refractivity contribution in [1.82, 2.24) is 0 Å². The van der Waals surface area contributed by atoms with Crippen LogP contribution in [0.5, 0.6) is 0 Å². The van der Waals surface area contributed by atoms with Gasteiger partial charge in [0.1, 0.15) is 0 Å². The summed E-state index contributed by atoms with van der Waals surface area (Å²) in [6.07, 6.45) is 96.6. The molecule has 0 saturated carbocycles. The van der Waals surface area contributed by atoms with Gasteiger partial charge >= 0.3 is 0 Å². The minimum absolute atomic E-state index is 0.353. The molecule has 6 N–H and O–H groups in total. The zero-order valence-corrected chi connectivity index (χ0v) is 57.9. The molecule has 0 heterocycles. The van der Waals surface area contributed by atoms with Gasteiger partial charge in [-0.15, -0.1) is 5.46 Å². The number of aryl methyl sites for hydroxylation is 1. The van der Waals surface area contributed by atoms with E-state index in [-0.39, 0.29) is 0 Å². The van der Waals surface area contributed by atoms with Crippen molar-refractivity contribution in [2.75, 3.05) is 13.1 Å². The van der Waals surface area contributed by atoms with E-state index in [1.807, 2.05) is 12.1 Å². The maximum atomic E-state index is 10.8. The summed E-state index contributed by atoms with van der Waals surface area (Å²) in [5.74, 6) is 0. The van der Waals surface area contributed by atoms with Gasteiger partial charge in [0.15, 0.2) is 0 Å². The van der Waals surface area contributed by atoms with Crippen molar-refractivity contribution >= 4 is 12.6 Å². The van der Waals surface area contributed by atoms with Gasteiger partial charge in [0.05, 0.1) is 13.1 Å². The molecule has 83 heavy (non-hydrogen) atoms. The van der Waals surface area contributed by atoms with Crippen molar-refractivity contribution < 1.29 is 21.5 Å². The first kappa shape index (κ1) is 84.2. The van der Waals surface area contributed by atoms with E-state index in [0.29, 0.717) is 5.46 Å². The Morgan fingerprint density at radius 1 is 0.217 bits per heavy atom. The Kier molecular flexibility index (Phi) is 80.3. The van der Waals surface area contributed by atoms with Crippen LogP contribution in [0.2, 0.25) is 0 Å². The number of unbranched alkanes of at least 4 members (excludes halogenated alkanes) is 63. The highest BCUT2D eigenvalue weighted by atomic mass is 16.4. The summed E-state index contributed by atoms with van der Waals surface area (Å²) in [4.78, 5) is 0. The van der Waals surface area contributed by atoms with E-state index >= 15 is 0 Å². The summed E-state index contributed by atoms with van der Waals surface area (Å²) < 4.78 is 0. The molecule has 1 aromatic rings. The molecule has 0 spiro atoms. The Labute approximate surface area is 525 Å². The Morgan fingerprint density at radius 3 is 0.506 bits per heavy atom.